The van der Waals surface area contributed by atoms with Crippen molar-refractivity contribution in [1.82, 2.24) is 10.2 Å². The molecule has 1 heterocycles. The standard InChI is InChI=1S/C18H17BrCl2N2O/c1-23-10-12-3-2-4-15(19)14(12)8-13(23)9-22-18(24)11-5-6-16(20)17(21)7-11/h2-7,13H,8-10H2,1H3,(H,22,24)/t13-/m1/s1. The summed E-state index contributed by atoms with van der Waals surface area (Å²) >= 11 is 15.5. The maximum Gasteiger partial charge on any atom is 0.251 e. The van der Waals surface area contributed by atoms with E-state index in [9.17, 15) is 4.79 Å². The van der Waals surface area contributed by atoms with Crippen molar-refractivity contribution < 1.29 is 4.79 Å². The molecule has 0 unspecified atom stereocenters. The van der Waals surface area contributed by atoms with Gasteiger partial charge in [-0.25, -0.2) is 0 Å². The van der Waals surface area contributed by atoms with E-state index in [2.05, 4.69) is 51.4 Å². The normalized spacial score (nSPS) is 17.4. The number of amides is 1. The molecule has 3 rings (SSSR count). The third kappa shape index (κ3) is 3.77. The lowest BCUT2D eigenvalue weighted by molar-refractivity contribution is 0.0934. The first-order valence-corrected chi connectivity index (χ1v) is 9.20. The van der Waals surface area contributed by atoms with Crippen LogP contribution >= 0.6 is 39.1 Å². The van der Waals surface area contributed by atoms with Crippen molar-refractivity contribution in [1.29, 1.82) is 0 Å². The van der Waals surface area contributed by atoms with Gasteiger partial charge in [0.15, 0.2) is 0 Å². The van der Waals surface area contributed by atoms with Gasteiger partial charge in [-0.2, -0.15) is 0 Å². The Morgan fingerprint density at radius 3 is 2.83 bits per heavy atom. The van der Waals surface area contributed by atoms with Gasteiger partial charge in [-0.1, -0.05) is 51.3 Å². The monoisotopic (exact) mass is 426 g/mol. The molecule has 1 N–H and O–H groups in total. The van der Waals surface area contributed by atoms with Crippen LogP contribution in [0.15, 0.2) is 40.9 Å². The molecule has 1 aliphatic heterocycles. The smallest absolute Gasteiger partial charge is 0.251 e. The molecule has 126 valence electrons. The first kappa shape index (κ1) is 17.7. The molecule has 0 bridgehead atoms. The molecule has 0 radical (unpaired) electrons. The van der Waals surface area contributed by atoms with Crippen LogP contribution in [0.4, 0.5) is 0 Å². The Kier molecular flexibility index (Phi) is 5.50. The molecule has 2 aromatic carbocycles. The van der Waals surface area contributed by atoms with Crippen LogP contribution in [0.25, 0.3) is 0 Å². The first-order valence-electron chi connectivity index (χ1n) is 7.65. The Balaban J connectivity index is 1.67. The lowest BCUT2D eigenvalue weighted by Crippen LogP contribution is -2.45. The molecule has 24 heavy (non-hydrogen) atoms. The van der Waals surface area contributed by atoms with E-state index in [0.29, 0.717) is 22.2 Å². The van der Waals surface area contributed by atoms with Crippen molar-refractivity contribution in [3.05, 3.63) is 67.6 Å². The Morgan fingerprint density at radius 2 is 2.08 bits per heavy atom. The predicted molar refractivity (Wildman–Crippen MR) is 102 cm³/mol. The molecule has 0 spiro atoms. The number of carbonyl (C=O) groups is 1. The van der Waals surface area contributed by atoms with Crippen molar-refractivity contribution in [3.63, 3.8) is 0 Å². The highest BCUT2D eigenvalue weighted by Crippen LogP contribution is 2.28. The summed E-state index contributed by atoms with van der Waals surface area (Å²) in [6.07, 6.45) is 0.898. The van der Waals surface area contributed by atoms with E-state index in [4.69, 9.17) is 23.2 Å². The summed E-state index contributed by atoms with van der Waals surface area (Å²) in [5, 5.41) is 3.83. The van der Waals surface area contributed by atoms with E-state index < -0.39 is 0 Å². The van der Waals surface area contributed by atoms with Crippen molar-refractivity contribution in [3.8, 4) is 0 Å². The third-order valence-corrected chi connectivity index (χ3v) is 5.86. The maximum atomic E-state index is 12.3. The number of carbonyl (C=O) groups excluding carboxylic acids is 1. The highest BCUT2D eigenvalue weighted by Gasteiger charge is 2.25. The van der Waals surface area contributed by atoms with Gasteiger partial charge in [0.05, 0.1) is 10.0 Å². The van der Waals surface area contributed by atoms with Gasteiger partial charge >= 0.3 is 0 Å². The third-order valence-electron chi connectivity index (χ3n) is 4.38. The number of nitrogens with zero attached hydrogens (tertiary/aromatic N) is 1. The SMILES string of the molecule is CN1Cc2cccc(Br)c2C[C@@H]1CNC(=O)c1ccc(Cl)c(Cl)c1. The van der Waals surface area contributed by atoms with E-state index in [1.807, 2.05) is 0 Å². The molecule has 0 aromatic heterocycles. The zero-order valence-corrected chi connectivity index (χ0v) is 16.2. The molecule has 6 heteroatoms. The summed E-state index contributed by atoms with van der Waals surface area (Å²) in [4.78, 5) is 14.6. The predicted octanol–water partition coefficient (Wildman–Crippen LogP) is 4.54. The van der Waals surface area contributed by atoms with Crippen LogP contribution in [0, 0.1) is 0 Å². The molecule has 0 saturated heterocycles. The Hall–Kier alpha value is -1.07. The minimum atomic E-state index is -0.139. The molecule has 1 atom stereocenters. The molecule has 0 fully saturated rings. The van der Waals surface area contributed by atoms with Crippen LogP contribution in [0.3, 0.4) is 0 Å². The summed E-state index contributed by atoms with van der Waals surface area (Å²) in [6, 6.07) is 11.4. The number of likely N-dealkylation sites (N-methyl/N-ethyl adjacent to an activating group) is 1. The summed E-state index contributed by atoms with van der Waals surface area (Å²) in [5.41, 5.74) is 3.17. The van der Waals surface area contributed by atoms with Crippen LogP contribution in [-0.4, -0.2) is 30.4 Å². The van der Waals surface area contributed by atoms with Crippen molar-refractivity contribution in [2.75, 3.05) is 13.6 Å². The summed E-state index contributed by atoms with van der Waals surface area (Å²) in [5.74, 6) is -0.139. The number of nitrogens with one attached hydrogen (secondary N) is 1. The molecular formula is C18H17BrCl2N2O. The van der Waals surface area contributed by atoms with Crippen molar-refractivity contribution in [2.24, 2.45) is 0 Å². The van der Waals surface area contributed by atoms with Crippen LogP contribution in [0.5, 0.6) is 0 Å². The van der Waals surface area contributed by atoms with Crippen molar-refractivity contribution >= 4 is 45.0 Å². The second kappa shape index (κ2) is 7.44. The molecule has 0 aliphatic carbocycles. The van der Waals surface area contributed by atoms with E-state index >= 15 is 0 Å². The van der Waals surface area contributed by atoms with Crippen LogP contribution in [0.2, 0.25) is 10.0 Å². The molecular weight excluding hydrogens is 411 g/mol. The molecule has 1 aliphatic rings. The maximum absolute atomic E-state index is 12.3. The quantitative estimate of drug-likeness (QED) is 0.779. The second-order valence-electron chi connectivity index (χ2n) is 5.99. The molecule has 2 aromatic rings. The zero-order chi connectivity index (χ0) is 17.3. The molecule has 0 saturated carbocycles. The second-order valence-corrected chi connectivity index (χ2v) is 7.66. The fraction of sp³-hybridized carbons (Fsp3) is 0.278. The van der Waals surface area contributed by atoms with E-state index in [0.717, 1.165) is 17.4 Å². The number of rotatable bonds is 3. The Labute approximate surface area is 160 Å². The minimum absolute atomic E-state index is 0.139. The lowest BCUT2D eigenvalue weighted by Gasteiger charge is -2.34. The van der Waals surface area contributed by atoms with Gasteiger partial charge in [0.25, 0.3) is 5.91 Å². The van der Waals surface area contributed by atoms with Crippen LogP contribution in [0.1, 0.15) is 21.5 Å². The number of hydrogen-bond acceptors (Lipinski definition) is 2. The number of hydrogen-bond donors (Lipinski definition) is 1. The van der Waals surface area contributed by atoms with Crippen molar-refractivity contribution in [2.45, 2.75) is 19.0 Å². The van der Waals surface area contributed by atoms with E-state index in [1.165, 1.54) is 11.1 Å². The van der Waals surface area contributed by atoms with Gasteiger partial charge in [-0.15, -0.1) is 0 Å². The Morgan fingerprint density at radius 1 is 1.29 bits per heavy atom. The fourth-order valence-corrected chi connectivity index (χ4v) is 3.81. The molecule has 3 nitrogen and oxygen atoms in total. The fourth-order valence-electron chi connectivity index (χ4n) is 2.95. The van der Waals surface area contributed by atoms with Gasteiger partial charge in [0.2, 0.25) is 0 Å². The van der Waals surface area contributed by atoms with Gasteiger partial charge in [0, 0.05) is 29.2 Å². The van der Waals surface area contributed by atoms with Gasteiger partial charge < -0.3 is 5.32 Å². The van der Waals surface area contributed by atoms with E-state index in [-0.39, 0.29) is 11.9 Å². The topological polar surface area (TPSA) is 32.3 Å². The summed E-state index contributed by atoms with van der Waals surface area (Å²) in [6.45, 7) is 1.46. The van der Waals surface area contributed by atoms with Gasteiger partial charge in [-0.3, -0.25) is 9.69 Å². The largest absolute Gasteiger partial charge is 0.350 e. The summed E-state index contributed by atoms with van der Waals surface area (Å²) < 4.78 is 1.13. The lowest BCUT2D eigenvalue weighted by atomic mass is 9.94. The van der Waals surface area contributed by atoms with Crippen LogP contribution in [-0.2, 0) is 13.0 Å². The number of fused-ring (bicyclic) bond motifs is 1. The van der Waals surface area contributed by atoms with Gasteiger partial charge in [-0.05, 0) is 48.9 Å². The first-order chi connectivity index (χ1) is 11.5. The zero-order valence-electron chi connectivity index (χ0n) is 13.2. The highest BCUT2D eigenvalue weighted by molar-refractivity contribution is 9.10. The van der Waals surface area contributed by atoms with E-state index in [1.54, 1.807) is 18.2 Å². The average Bonchev–Trinajstić information content (AvgIpc) is 2.55. The van der Waals surface area contributed by atoms with Gasteiger partial charge in [0.1, 0.15) is 0 Å². The summed E-state index contributed by atoms with van der Waals surface area (Å²) in [7, 11) is 2.08. The molecule has 1 amide bonds. The number of halogens is 3. The Bertz CT molecular complexity index is 782. The minimum Gasteiger partial charge on any atom is -0.350 e. The van der Waals surface area contributed by atoms with Crippen LogP contribution < -0.4 is 5.32 Å². The average molecular weight is 428 g/mol. The highest BCUT2D eigenvalue weighted by atomic mass is 79.9. The number of benzene rings is 2.